The smallest absolute Gasteiger partial charge is 0.335 e. The number of allylic oxidation sites excluding steroid dienone is 2. The number of fused-ring (bicyclic) bond motifs is 4. The van der Waals surface area contributed by atoms with Gasteiger partial charge in [-0.2, -0.15) is 0 Å². The Morgan fingerprint density at radius 2 is 1.96 bits per heavy atom. The van der Waals surface area contributed by atoms with E-state index in [9.17, 15) is 9.90 Å². The van der Waals surface area contributed by atoms with Crippen molar-refractivity contribution in [3.63, 3.8) is 0 Å². The van der Waals surface area contributed by atoms with Crippen LogP contribution in [-0.2, 0) is 0 Å². The van der Waals surface area contributed by atoms with Crippen molar-refractivity contribution in [2.45, 2.75) is 18.4 Å². The summed E-state index contributed by atoms with van der Waals surface area (Å²) in [5.41, 5.74) is 3.49. The van der Waals surface area contributed by atoms with Crippen LogP contribution in [0.15, 0.2) is 47.0 Å². The number of nitrogens with one attached hydrogen (secondary N) is 1. The molecule has 5 rings (SSSR count). The minimum Gasteiger partial charge on any atom is -0.478 e. The van der Waals surface area contributed by atoms with E-state index in [0.29, 0.717) is 11.5 Å². The first-order valence-electron chi connectivity index (χ1n) is 8.51. The number of rotatable bonds is 2. The van der Waals surface area contributed by atoms with Crippen LogP contribution in [0, 0.1) is 5.92 Å². The third-order valence-electron chi connectivity index (χ3n) is 5.44. The number of hydrogen-bond acceptors (Lipinski definition) is 4. The number of benzene rings is 2. The van der Waals surface area contributed by atoms with Gasteiger partial charge in [-0.3, -0.25) is 0 Å². The number of aromatic carboxylic acids is 1. The normalized spacial score (nSPS) is 24.7. The molecule has 2 N–H and O–H groups in total. The molecule has 0 spiro atoms. The lowest BCUT2D eigenvalue weighted by Crippen LogP contribution is -2.29. The molecule has 0 fully saturated rings. The van der Waals surface area contributed by atoms with Crippen LogP contribution >= 0.6 is 15.9 Å². The Labute approximate surface area is 158 Å². The van der Waals surface area contributed by atoms with Crippen LogP contribution in [0.25, 0.3) is 0 Å². The molecule has 0 saturated heterocycles. The third kappa shape index (κ3) is 2.32. The van der Waals surface area contributed by atoms with E-state index in [1.165, 1.54) is 0 Å². The second-order valence-electron chi connectivity index (χ2n) is 6.81. The lowest BCUT2D eigenvalue weighted by molar-refractivity contribution is 0.0696. The molecule has 132 valence electrons. The Balaban J connectivity index is 1.59. The van der Waals surface area contributed by atoms with Gasteiger partial charge in [-0.25, -0.2) is 4.79 Å². The van der Waals surface area contributed by atoms with Gasteiger partial charge >= 0.3 is 5.97 Å². The van der Waals surface area contributed by atoms with Crippen molar-refractivity contribution in [1.29, 1.82) is 0 Å². The van der Waals surface area contributed by atoms with Gasteiger partial charge in [-0.15, -0.1) is 0 Å². The second-order valence-corrected chi connectivity index (χ2v) is 7.66. The molecule has 0 radical (unpaired) electrons. The van der Waals surface area contributed by atoms with E-state index in [1.54, 1.807) is 12.1 Å². The summed E-state index contributed by atoms with van der Waals surface area (Å²) in [6.07, 6.45) is 5.33. The van der Waals surface area contributed by atoms with Crippen LogP contribution in [-0.4, -0.2) is 17.9 Å². The molecule has 3 aliphatic rings. The molecule has 2 aromatic carbocycles. The standard InChI is InChI=1S/C20H16BrNO4/c21-15-8-18-17(25-9-26-18)7-14(15)19-12-3-1-2-11(12)13-6-10(20(23)24)4-5-16(13)22-19/h1-2,4-8,11-12,19,22H,3,9H2,(H,23,24)/t11-,12-,19+/m1/s1. The maximum Gasteiger partial charge on any atom is 0.335 e. The summed E-state index contributed by atoms with van der Waals surface area (Å²) in [7, 11) is 0. The fourth-order valence-electron chi connectivity index (χ4n) is 4.21. The lowest BCUT2D eigenvalue weighted by atomic mass is 9.76. The number of ether oxygens (including phenoxy) is 2. The van der Waals surface area contributed by atoms with E-state index in [4.69, 9.17) is 9.47 Å². The molecule has 2 heterocycles. The van der Waals surface area contributed by atoms with Crippen molar-refractivity contribution in [1.82, 2.24) is 0 Å². The third-order valence-corrected chi connectivity index (χ3v) is 6.12. The first kappa shape index (κ1) is 15.8. The number of carboxylic acid groups (broad SMARTS) is 1. The summed E-state index contributed by atoms with van der Waals surface area (Å²) in [5.74, 6) is 1.15. The van der Waals surface area contributed by atoms with Gasteiger partial charge in [0.2, 0.25) is 6.79 Å². The second kappa shape index (κ2) is 5.77. The van der Waals surface area contributed by atoms with E-state index in [-0.39, 0.29) is 18.8 Å². The van der Waals surface area contributed by atoms with Crippen LogP contribution in [0.4, 0.5) is 5.69 Å². The highest BCUT2D eigenvalue weighted by Gasteiger charge is 2.39. The van der Waals surface area contributed by atoms with Crippen molar-refractivity contribution in [2.24, 2.45) is 5.92 Å². The predicted molar refractivity (Wildman–Crippen MR) is 100 cm³/mol. The number of carbonyl (C=O) groups is 1. The van der Waals surface area contributed by atoms with Crippen molar-refractivity contribution in [2.75, 3.05) is 12.1 Å². The summed E-state index contributed by atoms with van der Waals surface area (Å²) in [6.45, 7) is 0.248. The monoisotopic (exact) mass is 413 g/mol. The van der Waals surface area contributed by atoms with Gasteiger partial charge in [0.15, 0.2) is 11.5 Å². The van der Waals surface area contributed by atoms with Gasteiger partial charge in [-0.1, -0.05) is 28.1 Å². The van der Waals surface area contributed by atoms with E-state index < -0.39 is 5.97 Å². The van der Waals surface area contributed by atoms with Crippen LogP contribution in [0.5, 0.6) is 11.5 Å². The fourth-order valence-corrected chi connectivity index (χ4v) is 4.78. The molecule has 0 unspecified atom stereocenters. The number of hydrogen-bond donors (Lipinski definition) is 2. The number of halogens is 1. The summed E-state index contributed by atoms with van der Waals surface area (Å²) >= 11 is 3.68. The van der Waals surface area contributed by atoms with Gasteiger partial charge in [0, 0.05) is 16.1 Å². The lowest BCUT2D eigenvalue weighted by Gasteiger charge is -2.38. The molecule has 0 amide bonds. The largest absolute Gasteiger partial charge is 0.478 e. The van der Waals surface area contributed by atoms with E-state index in [1.807, 2.05) is 18.2 Å². The van der Waals surface area contributed by atoms with Crippen molar-refractivity contribution >= 4 is 27.6 Å². The number of carboxylic acids is 1. The predicted octanol–water partition coefficient (Wildman–Crippen LogP) is 4.70. The molecule has 0 aromatic heterocycles. The number of anilines is 1. The maximum atomic E-state index is 11.3. The Hall–Kier alpha value is -2.47. The maximum absolute atomic E-state index is 11.3. The quantitative estimate of drug-likeness (QED) is 0.698. The van der Waals surface area contributed by atoms with Crippen LogP contribution in [0.3, 0.4) is 0 Å². The Morgan fingerprint density at radius 1 is 1.15 bits per heavy atom. The zero-order valence-corrected chi connectivity index (χ0v) is 15.3. The highest BCUT2D eigenvalue weighted by molar-refractivity contribution is 9.10. The molecule has 1 aliphatic carbocycles. The Kier molecular flexibility index (Phi) is 3.50. The molecule has 0 bridgehead atoms. The van der Waals surface area contributed by atoms with Gasteiger partial charge < -0.3 is 19.9 Å². The first-order chi connectivity index (χ1) is 12.6. The van der Waals surface area contributed by atoms with E-state index in [0.717, 1.165) is 39.2 Å². The van der Waals surface area contributed by atoms with Crippen molar-refractivity contribution in [3.8, 4) is 11.5 Å². The molecule has 2 aromatic rings. The minimum atomic E-state index is -0.896. The zero-order valence-electron chi connectivity index (χ0n) is 13.7. The van der Waals surface area contributed by atoms with Gasteiger partial charge in [0.25, 0.3) is 0 Å². The van der Waals surface area contributed by atoms with Crippen molar-refractivity contribution < 1.29 is 19.4 Å². The first-order valence-corrected chi connectivity index (χ1v) is 9.30. The molecule has 5 nitrogen and oxygen atoms in total. The average Bonchev–Trinajstić information content (AvgIpc) is 3.29. The minimum absolute atomic E-state index is 0.0991. The highest BCUT2D eigenvalue weighted by Crippen LogP contribution is 2.52. The van der Waals surface area contributed by atoms with Crippen LogP contribution in [0.1, 0.15) is 39.9 Å². The molecule has 6 heteroatoms. The molecule has 0 saturated carbocycles. The van der Waals surface area contributed by atoms with Gasteiger partial charge in [0.05, 0.1) is 11.6 Å². The fraction of sp³-hybridized carbons (Fsp3) is 0.250. The Morgan fingerprint density at radius 3 is 2.77 bits per heavy atom. The molecule has 26 heavy (non-hydrogen) atoms. The molecular formula is C20H16BrNO4. The van der Waals surface area contributed by atoms with E-state index in [2.05, 4.69) is 33.4 Å². The molecular weight excluding hydrogens is 398 g/mol. The summed E-state index contributed by atoms with van der Waals surface area (Å²) in [6, 6.07) is 9.41. The summed E-state index contributed by atoms with van der Waals surface area (Å²) < 4.78 is 12.0. The average molecular weight is 414 g/mol. The van der Waals surface area contributed by atoms with Crippen LogP contribution < -0.4 is 14.8 Å². The van der Waals surface area contributed by atoms with Gasteiger partial charge in [0.1, 0.15) is 0 Å². The summed E-state index contributed by atoms with van der Waals surface area (Å²) in [4.78, 5) is 11.3. The summed E-state index contributed by atoms with van der Waals surface area (Å²) in [5, 5.41) is 12.9. The Bertz CT molecular complexity index is 955. The zero-order chi connectivity index (χ0) is 17.8. The van der Waals surface area contributed by atoms with Crippen LogP contribution in [0.2, 0.25) is 0 Å². The van der Waals surface area contributed by atoms with Gasteiger partial charge in [-0.05, 0) is 53.8 Å². The molecule has 3 atom stereocenters. The highest BCUT2D eigenvalue weighted by atomic mass is 79.9. The topological polar surface area (TPSA) is 67.8 Å². The SMILES string of the molecule is O=C(O)c1ccc2c(c1)[C@@H]1C=CC[C@H]1[C@@H](c1cc3c(cc1Br)OCO3)N2. The molecule has 2 aliphatic heterocycles. The van der Waals surface area contributed by atoms with E-state index >= 15 is 0 Å². The van der Waals surface area contributed by atoms with Crippen molar-refractivity contribution in [3.05, 3.63) is 63.6 Å².